The number of likely N-dealkylation sites (N-methyl/N-ethyl adjacent to an activating group) is 1. The van der Waals surface area contributed by atoms with E-state index in [1.807, 2.05) is 37.9 Å². The summed E-state index contributed by atoms with van der Waals surface area (Å²) in [7, 11) is -1.83. The number of aryl methyl sites for hydroxylation is 2. The van der Waals surface area contributed by atoms with Gasteiger partial charge < -0.3 is 9.64 Å². The highest BCUT2D eigenvalue weighted by Gasteiger charge is 2.30. The first-order chi connectivity index (χ1) is 15.1. The van der Waals surface area contributed by atoms with E-state index in [-0.39, 0.29) is 30.4 Å². The molecule has 1 heterocycles. The van der Waals surface area contributed by atoms with Crippen LogP contribution in [0.4, 0.5) is 4.39 Å². The molecule has 1 fully saturated rings. The summed E-state index contributed by atoms with van der Waals surface area (Å²) in [5.41, 5.74) is 2.29. The molecule has 3 rings (SSSR count). The Kier molecular flexibility index (Phi) is 7.86. The third kappa shape index (κ3) is 6.27. The average molecular weight is 464 g/mol. The fourth-order valence-electron chi connectivity index (χ4n) is 3.68. The molecular formula is C23H30FN3O4S. The minimum Gasteiger partial charge on any atom is -0.492 e. The van der Waals surface area contributed by atoms with Crippen molar-refractivity contribution in [3.63, 3.8) is 0 Å². The first-order valence-corrected chi connectivity index (χ1v) is 12.0. The predicted octanol–water partition coefficient (Wildman–Crippen LogP) is 2.29. The molecule has 174 valence electrons. The number of piperazine rings is 1. The van der Waals surface area contributed by atoms with E-state index in [1.165, 1.54) is 16.4 Å². The van der Waals surface area contributed by atoms with Crippen molar-refractivity contribution in [1.29, 1.82) is 0 Å². The van der Waals surface area contributed by atoms with E-state index in [4.69, 9.17) is 4.74 Å². The van der Waals surface area contributed by atoms with Crippen molar-refractivity contribution in [3.8, 4) is 5.75 Å². The van der Waals surface area contributed by atoms with Gasteiger partial charge in [-0.2, -0.15) is 4.31 Å². The van der Waals surface area contributed by atoms with Gasteiger partial charge >= 0.3 is 0 Å². The normalized spacial score (nSPS) is 15.2. The van der Waals surface area contributed by atoms with Crippen LogP contribution in [0.1, 0.15) is 11.1 Å². The lowest BCUT2D eigenvalue weighted by Gasteiger charge is -2.34. The lowest BCUT2D eigenvalue weighted by molar-refractivity contribution is -0.133. The molecule has 1 amide bonds. The second kappa shape index (κ2) is 10.4. The molecule has 7 nitrogen and oxygen atoms in total. The summed E-state index contributed by atoms with van der Waals surface area (Å²) in [6.07, 6.45) is 0. The summed E-state index contributed by atoms with van der Waals surface area (Å²) in [6, 6.07) is 10.8. The number of rotatable bonds is 8. The van der Waals surface area contributed by atoms with Gasteiger partial charge in [0.25, 0.3) is 0 Å². The zero-order valence-electron chi connectivity index (χ0n) is 18.8. The minimum atomic E-state index is -3.69. The number of nitrogens with zero attached hydrogens (tertiary/aromatic N) is 3. The van der Waals surface area contributed by atoms with Gasteiger partial charge in [-0.25, -0.2) is 12.8 Å². The van der Waals surface area contributed by atoms with Crippen LogP contribution in [0.15, 0.2) is 47.4 Å². The van der Waals surface area contributed by atoms with Crippen molar-refractivity contribution in [1.82, 2.24) is 14.1 Å². The molecule has 32 heavy (non-hydrogen) atoms. The zero-order valence-corrected chi connectivity index (χ0v) is 19.6. The number of benzene rings is 2. The lowest BCUT2D eigenvalue weighted by atomic mass is 10.1. The van der Waals surface area contributed by atoms with Gasteiger partial charge in [-0.3, -0.25) is 9.69 Å². The Morgan fingerprint density at radius 2 is 1.62 bits per heavy atom. The quantitative estimate of drug-likeness (QED) is 0.601. The molecule has 2 aromatic carbocycles. The molecule has 0 N–H and O–H groups in total. The Hall–Kier alpha value is -2.49. The van der Waals surface area contributed by atoms with Crippen LogP contribution >= 0.6 is 0 Å². The summed E-state index contributed by atoms with van der Waals surface area (Å²) in [6.45, 7) is 6.42. The Labute approximate surface area is 189 Å². The summed E-state index contributed by atoms with van der Waals surface area (Å²) < 4.78 is 45.7. The van der Waals surface area contributed by atoms with Gasteiger partial charge in [-0.1, -0.05) is 6.07 Å². The van der Waals surface area contributed by atoms with Crippen LogP contribution in [0.5, 0.6) is 5.75 Å². The molecule has 0 bridgehead atoms. The fourth-order valence-corrected chi connectivity index (χ4v) is 5.10. The Morgan fingerprint density at radius 1 is 1.03 bits per heavy atom. The maximum Gasteiger partial charge on any atom is 0.243 e. The van der Waals surface area contributed by atoms with Crippen molar-refractivity contribution >= 4 is 15.9 Å². The molecule has 0 aliphatic carbocycles. The highest BCUT2D eigenvalue weighted by Crippen LogP contribution is 2.18. The molecule has 1 aliphatic rings. The highest BCUT2D eigenvalue weighted by atomic mass is 32.2. The van der Waals surface area contributed by atoms with Gasteiger partial charge in [0.05, 0.1) is 11.4 Å². The van der Waals surface area contributed by atoms with Gasteiger partial charge in [0.1, 0.15) is 18.2 Å². The van der Waals surface area contributed by atoms with Crippen LogP contribution in [0.3, 0.4) is 0 Å². The second-order valence-corrected chi connectivity index (χ2v) is 10.1. The molecule has 0 unspecified atom stereocenters. The number of carbonyl (C=O) groups excluding carboxylic acids is 1. The number of sulfonamides is 1. The van der Waals surface area contributed by atoms with Crippen molar-refractivity contribution in [3.05, 3.63) is 59.4 Å². The molecule has 2 aromatic rings. The van der Waals surface area contributed by atoms with Gasteiger partial charge in [0.15, 0.2) is 0 Å². The van der Waals surface area contributed by atoms with Crippen LogP contribution in [-0.4, -0.2) is 81.4 Å². The molecular weight excluding hydrogens is 433 g/mol. The molecule has 0 saturated carbocycles. The maximum atomic E-state index is 13.1. The van der Waals surface area contributed by atoms with Gasteiger partial charge in [-0.05, 0) is 68.4 Å². The van der Waals surface area contributed by atoms with Crippen molar-refractivity contribution in [2.45, 2.75) is 18.7 Å². The highest BCUT2D eigenvalue weighted by molar-refractivity contribution is 7.89. The van der Waals surface area contributed by atoms with E-state index in [0.717, 1.165) is 29.0 Å². The minimum absolute atomic E-state index is 0.0438. The van der Waals surface area contributed by atoms with E-state index < -0.39 is 15.8 Å². The van der Waals surface area contributed by atoms with E-state index in [2.05, 4.69) is 6.07 Å². The standard InChI is InChI=1S/C23H30FN3O4S/c1-18-14-19(2)16-21(15-18)31-13-12-25(3)17-23(28)26-8-10-27(11-9-26)32(29,30)22-6-4-20(24)5-7-22/h4-7,14-16H,8-13,17H2,1-3H3. The third-order valence-electron chi connectivity index (χ3n) is 5.38. The number of carbonyl (C=O) groups is 1. The lowest BCUT2D eigenvalue weighted by Crippen LogP contribution is -2.52. The largest absolute Gasteiger partial charge is 0.492 e. The number of halogens is 1. The summed E-state index contributed by atoms with van der Waals surface area (Å²) in [5.74, 6) is 0.293. The van der Waals surface area contributed by atoms with Crippen LogP contribution < -0.4 is 4.74 Å². The van der Waals surface area contributed by atoms with Gasteiger partial charge in [0, 0.05) is 32.7 Å². The van der Waals surface area contributed by atoms with E-state index in [0.29, 0.717) is 26.2 Å². The molecule has 1 saturated heterocycles. The maximum absolute atomic E-state index is 13.1. The number of ether oxygens (including phenoxy) is 1. The molecule has 9 heteroatoms. The first kappa shape index (κ1) is 24.2. The van der Waals surface area contributed by atoms with Crippen LogP contribution in [-0.2, 0) is 14.8 Å². The van der Waals surface area contributed by atoms with E-state index in [9.17, 15) is 17.6 Å². The van der Waals surface area contributed by atoms with Crippen LogP contribution in [0.25, 0.3) is 0 Å². The monoisotopic (exact) mass is 463 g/mol. The summed E-state index contributed by atoms with van der Waals surface area (Å²) >= 11 is 0. The van der Waals surface area contributed by atoms with E-state index in [1.54, 1.807) is 4.90 Å². The topological polar surface area (TPSA) is 70.2 Å². The summed E-state index contributed by atoms with van der Waals surface area (Å²) in [5, 5.41) is 0. The van der Waals surface area contributed by atoms with Crippen LogP contribution in [0.2, 0.25) is 0 Å². The van der Waals surface area contributed by atoms with Crippen molar-refractivity contribution in [2.75, 3.05) is 52.9 Å². The SMILES string of the molecule is Cc1cc(C)cc(OCCN(C)CC(=O)N2CCN(S(=O)(=O)c3ccc(F)cc3)CC2)c1. The number of hydrogen-bond donors (Lipinski definition) is 0. The van der Waals surface area contributed by atoms with E-state index >= 15 is 0 Å². The molecule has 0 spiro atoms. The van der Waals surface area contributed by atoms with Crippen molar-refractivity contribution in [2.24, 2.45) is 0 Å². The predicted molar refractivity (Wildman–Crippen MR) is 121 cm³/mol. The Bertz CT molecular complexity index is 1020. The first-order valence-electron chi connectivity index (χ1n) is 10.6. The zero-order chi connectivity index (χ0) is 23.3. The second-order valence-electron chi connectivity index (χ2n) is 8.15. The van der Waals surface area contributed by atoms with Crippen LogP contribution in [0, 0.1) is 19.7 Å². The van der Waals surface area contributed by atoms with Crippen molar-refractivity contribution < 1.29 is 22.3 Å². The Morgan fingerprint density at radius 3 is 2.22 bits per heavy atom. The molecule has 1 aliphatic heterocycles. The van der Waals surface area contributed by atoms with Gasteiger partial charge in [-0.15, -0.1) is 0 Å². The van der Waals surface area contributed by atoms with Gasteiger partial charge in [0.2, 0.25) is 15.9 Å². The number of amides is 1. The third-order valence-corrected chi connectivity index (χ3v) is 7.30. The average Bonchev–Trinajstić information content (AvgIpc) is 2.73. The molecule has 0 atom stereocenters. The Balaban J connectivity index is 1.44. The fraction of sp³-hybridized carbons (Fsp3) is 0.435. The summed E-state index contributed by atoms with van der Waals surface area (Å²) in [4.78, 5) is 16.3. The molecule has 0 radical (unpaired) electrons. The number of hydrogen-bond acceptors (Lipinski definition) is 5. The smallest absolute Gasteiger partial charge is 0.243 e. The molecule has 0 aromatic heterocycles.